The van der Waals surface area contributed by atoms with E-state index in [0.29, 0.717) is 5.69 Å². The number of benzene rings is 2. The summed E-state index contributed by atoms with van der Waals surface area (Å²) in [4.78, 5) is 0. The predicted molar refractivity (Wildman–Crippen MR) is 86.0 cm³/mol. The quantitative estimate of drug-likeness (QED) is 0.604. The van der Waals surface area contributed by atoms with Crippen molar-refractivity contribution in [3.63, 3.8) is 0 Å². The lowest BCUT2D eigenvalue weighted by Crippen LogP contribution is -1.89. The molecular formula is C14H12Br2N2. The SMILES string of the molecule is Nc1ccc(/C=C/c2cc(Br)c(N)c(Br)c2)cc1. The first kappa shape index (κ1) is 13.2. The predicted octanol–water partition coefficient (Wildman–Crippen LogP) is 4.55. The molecule has 0 bridgehead atoms. The normalized spacial score (nSPS) is 11.0. The Morgan fingerprint density at radius 2 is 1.28 bits per heavy atom. The average Bonchev–Trinajstić information content (AvgIpc) is 2.35. The third kappa shape index (κ3) is 3.15. The first-order valence-corrected chi connectivity index (χ1v) is 6.93. The number of anilines is 2. The Labute approximate surface area is 123 Å². The summed E-state index contributed by atoms with van der Waals surface area (Å²) in [5.41, 5.74) is 15.1. The minimum absolute atomic E-state index is 0.708. The largest absolute Gasteiger partial charge is 0.399 e. The molecule has 0 saturated carbocycles. The summed E-state index contributed by atoms with van der Waals surface area (Å²) in [6.07, 6.45) is 4.06. The van der Waals surface area contributed by atoms with Gasteiger partial charge in [-0.1, -0.05) is 24.3 Å². The van der Waals surface area contributed by atoms with Crippen LogP contribution in [0.1, 0.15) is 11.1 Å². The number of rotatable bonds is 2. The molecule has 2 aromatic rings. The van der Waals surface area contributed by atoms with E-state index in [9.17, 15) is 0 Å². The molecule has 0 aliphatic rings. The van der Waals surface area contributed by atoms with Crippen LogP contribution in [0, 0.1) is 0 Å². The fourth-order valence-corrected chi connectivity index (χ4v) is 2.72. The third-order valence-electron chi connectivity index (χ3n) is 2.51. The second-order valence-corrected chi connectivity index (χ2v) is 5.61. The Morgan fingerprint density at radius 1 is 0.778 bits per heavy atom. The number of nitrogen functional groups attached to an aromatic ring is 2. The number of halogens is 2. The van der Waals surface area contributed by atoms with Gasteiger partial charge in [0.25, 0.3) is 0 Å². The van der Waals surface area contributed by atoms with Gasteiger partial charge in [0.05, 0.1) is 5.69 Å². The maximum atomic E-state index is 5.84. The average molecular weight is 368 g/mol. The van der Waals surface area contributed by atoms with Crippen molar-refractivity contribution in [2.45, 2.75) is 0 Å². The van der Waals surface area contributed by atoms with Crippen LogP contribution in [0.15, 0.2) is 45.3 Å². The molecule has 2 nitrogen and oxygen atoms in total. The van der Waals surface area contributed by atoms with Gasteiger partial charge in [-0.05, 0) is 67.3 Å². The highest BCUT2D eigenvalue weighted by Crippen LogP contribution is 2.30. The zero-order chi connectivity index (χ0) is 13.1. The molecule has 92 valence electrons. The van der Waals surface area contributed by atoms with Crippen LogP contribution in [0.3, 0.4) is 0 Å². The summed E-state index contributed by atoms with van der Waals surface area (Å²) >= 11 is 6.85. The Kier molecular flexibility index (Phi) is 4.09. The molecule has 0 aromatic heterocycles. The van der Waals surface area contributed by atoms with E-state index in [0.717, 1.165) is 25.8 Å². The van der Waals surface area contributed by atoms with Crippen molar-refractivity contribution in [1.82, 2.24) is 0 Å². The lowest BCUT2D eigenvalue weighted by molar-refractivity contribution is 1.56. The smallest absolute Gasteiger partial charge is 0.0603 e. The van der Waals surface area contributed by atoms with Gasteiger partial charge in [-0.3, -0.25) is 0 Å². The van der Waals surface area contributed by atoms with Crippen LogP contribution in [0.2, 0.25) is 0 Å². The second kappa shape index (κ2) is 5.59. The summed E-state index contributed by atoms with van der Waals surface area (Å²) in [7, 11) is 0. The van der Waals surface area contributed by atoms with Crippen molar-refractivity contribution in [3.05, 3.63) is 56.5 Å². The van der Waals surface area contributed by atoms with Crippen LogP contribution >= 0.6 is 31.9 Å². The molecule has 2 rings (SSSR count). The van der Waals surface area contributed by atoms with E-state index in [-0.39, 0.29) is 0 Å². The van der Waals surface area contributed by atoms with Gasteiger partial charge in [-0.2, -0.15) is 0 Å². The summed E-state index contributed by atoms with van der Waals surface area (Å²) in [5.74, 6) is 0. The monoisotopic (exact) mass is 366 g/mol. The van der Waals surface area contributed by atoms with Crippen molar-refractivity contribution in [2.24, 2.45) is 0 Å². The lowest BCUT2D eigenvalue weighted by atomic mass is 10.1. The molecule has 0 aliphatic heterocycles. The molecule has 0 unspecified atom stereocenters. The Morgan fingerprint density at radius 3 is 1.83 bits per heavy atom. The highest BCUT2D eigenvalue weighted by Gasteiger charge is 2.01. The molecule has 0 fully saturated rings. The molecule has 0 aliphatic carbocycles. The highest BCUT2D eigenvalue weighted by atomic mass is 79.9. The molecule has 4 N–H and O–H groups in total. The van der Waals surface area contributed by atoms with Crippen LogP contribution in [-0.4, -0.2) is 0 Å². The van der Waals surface area contributed by atoms with Gasteiger partial charge in [0, 0.05) is 14.6 Å². The van der Waals surface area contributed by atoms with Crippen LogP contribution in [-0.2, 0) is 0 Å². The van der Waals surface area contributed by atoms with Crippen LogP contribution in [0.25, 0.3) is 12.2 Å². The molecule has 0 heterocycles. The van der Waals surface area contributed by atoms with E-state index in [2.05, 4.69) is 31.9 Å². The van der Waals surface area contributed by atoms with Crippen molar-refractivity contribution < 1.29 is 0 Å². The molecule has 0 spiro atoms. The first-order chi connectivity index (χ1) is 8.56. The van der Waals surface area contributed by atoms with Gasteiger partial charge in [0.1, 0.15) is 0 Å². The fraction of sp³-hybridized carbons (Fsp3) is 0. The maximum absolute atomic E-state index is 5.84. The van der Waals surface area contributed by atoms with E-state index in [4.69, 9.17) is 11.5 Å². The molecule has 0 saturated heterocycles. The van der Waals surface area contributed by atoms with Gasteiger partial charge in [-0.25, -0.2) is 0 Å². The van der Waals surface area contributed by atoms with Gasteiger partial charge < -0.3 is 11.5 Å². The van der Waals surface area contributed by atoms with Crippen LogP contribution < -0.4 is 11.5 Å². The topological polar surface area (TPSA) is 52.0 Å². The molecule has 18 heavy (non-hydrogen) atoms. The van der Waals surface area contributed by atoms with E-state index in [1.807, 2.05) is 48.6 Å². The van der Waals surface area contributed by atoms with Crippen molar-refractivity contribution in [2.75, 3.05) is 11.5 Å². The third-order valence-corrected chi connectivity index (χ3v) is 3.82. The van der Waals surface area contributed by atoms with Gasteiger partial charge >= 0.3 is 0 Å². The molecule has 2 aromatic carbocycles. The van der Waals surface area contributed by atoms with E-state index in [1.165, 1.54) is 0 Å². The summed E-state index contributed by atoms with van der Waals surface area (Å²) < 4.78 is 1.77. The van der Waals surface area contributed by atoms with Gasteiger partial charge in [0.2, 0.25) is 0 Å². The molecule has 4 heteroatoms. The van der Waals surface area contributed by atoms with E-state index in [1.54, 1.807) is 0 Å². The zero-order valence-electron chi connectivity index (χ0n) is 9.53. The summed E-state index contributed by atoms with van der Waals surface area (Å²) in [5, 5.41) is 0. The minimum Gasteiger partial charge on any atom is -0.399 e. The molecule has 0 amide bonds. The van der Waals surface area contributed by atoms with Crippen molar-refractivity contribution in [3.8, 4) is 0 Å². The lowest BCUT2D eigenvalue weighted by Gasteiger charge is -2.03. The zero-order valence-corrected chi connectivity index (χ0v) is 12.7. The standard InChI is InChI=1S/C14H12Br2N2/c15-12-7-10(8-13(16)14(12)18)2-1-9-3-5-11(17)6-4-9/h1-8H,17-18H2/b2-1+. The van der Waals surface area contributed by atoms with Crippen molar-refractivity contribution >= 4 is 55.4 Å². The number of nitrogens with two attached hydrogens (primary N) is 2. The number of hydrogen-bond donors (Lipinski definition) is 2. The van der Waals surface area contributed by atoms with Gasteiger partial charge in [-0.15, -0.1) is 0 Å². The Bertz CT molecular complexity index is 566. The summed E-state index contributed by atoms with van der Waals surface area (Å²) in [6.45, 7) is 0. The molecule has 0 atom stereocenters. The van der Waals surface area contributed by atoms with Crippen molar-refractivity contribution in [1.29, 1.82) is 0 Å². The van der Waals surface area contributed by atoms with E-state index >= 15 is 0 Å². The second-order valence-electron chi connectivity index (χ2n) is 3.90. The Hall–Kier alpha value is -1.26. The van der Waals surface area contributed by atoms with E-state index < -0.39 is 0 Å². The van der Waals surface area contributed by atoms with Crippen LogP contribution in [0.5, 0.6) is 0 Å². The molecular weight excluding hydrogens is 356 g/mol. The van der Waals surface area contributed by atoms with Gasteiger partial charge in [0.15, 0.2) is 0 Å². The number of hydrogen-bond acceptors (Lipinski definition) is 2. The Balaban J connectivity index is 2.26. The minimum atomic E-state index is 0.708. The first-order valence-electron chi connectivity index (χ1n) is 5.34. The summed E-state index contributed by atoms with van der Waals surface area (Å²) in [6, 6.07) is 11.7. The fourth-order valence-electron chi connectivity index (χ4n) is 1.50. The maximum Gasteiger partial charge on any atom is 0.0603 e. The van der Waals surface area contributed by atoms with Crippen LogP contribution in [0.4, 0.5) is 11.4 Å². The molecule has 0 radical (unpaired) electrons. The highest BCUT2D eigenvalue weighted by molar-refractivity contribution is 9.11.